The van der Waals surface area contributed by atoms with Crippen molar-refractivity contribution < 1.29 is 19.1 Å². The minimum atomic E-state index is -0.126. The molecule has 1 aromatic rings. The summed E-state index contributed by atoms with van der Waals surface area (Å²) in [6.07, 6.45) is 9.05. The summed E-state index contributed by atoms with van der Waals surface area (Å²) in [4.78, 5) is 39.9. The third-order valence-electron chi connectivity index (χ3n) is 8.63. The number of hydrogen-bond acceptors (Lipinski definition) is 4. The van der Waals surface area contributed by atoms with Crippen molar-refractivity contribution in [2.45, 2.75) is 63.3 Å². The lowest BCUT2D eigenvalue weighted by molar-refractivity contribution is -0.132. The molecule has 5 aliphatic rings. The van der Waals surface area contributed by atoms with Crippen LogP contribution in [0.3, 0.4) is 0 Å². The van der Waals surface area contributed by atoms with Crippen molar-refractivity contribution >= 4 is 17.7 Å². The highest BCUT2D eigenvalue weighted by molar-refractivity contribution is 5.98. The zero-order chi connectivity index (χ0) is 23.7. The number of carbonyl (C=O) groups excluding carboxylic acids is 3. The SMILES string of the molecule is COc1ccc(C(=O)C2CCN(C(=O)CCNC(=O)NC34CC5CC(CC(C5)C3)C4)CC2)cc1. The zero-order valence-electron chi connectivity index (χ0n) is 20.2. The second-order valence-corrected chi connectivity index (χ2v) is 11.1. The molecule has 5 fully saturated rings. The van der Waals surface area contributed by atoms with Gasteiger partial charge >= 0.3 is 6.03 Å². The van der Waals surface area contributed by atoms with Crippen molar-refractivity contribution in [2.24, 2.45) is 23.7 Å². The molecule has 1 aromatic carbocycles. The number of likely N-dealkylation sites (tertiary alicyclic amines) is 1. The third kappa shape index (κ3) is 4.93. The molecule has 1 saturated heterocycles. The van der Waals surface area contributed by atoms with E-state index in [0.29, 0.717) is 44.5 Å². The Morgan fingerprint density at radius 1 is 0.971 bits per heavy atom. The lowest BCUT2D eigenvalue weighted by atomic mass is 9.53. The number of carbonyl (C=O) groups is 3. The molecular weight excluding hydrogens is 430 g/mol. The van der Waals surface area contributed by atoms with Crippen LogP contribution in [0.2, 0.25) is 0 Å². The standard InChI is InChI=1S/C27H37N3O4/c1-34-23-4-2-21(3-5-23)25(32)22-7-10-30(11-8-22)24(31)6-9-28-26(33)29-27-15-18-12-19(16-27)14-20(13-18)17-27/h2-5,18-20,22H,6-17H2,1H3,(H2,28,29,33). The number of amides is 3. The van der Waals surface area contributed by atoms with Crippen LogP contribution < -0.4 is 15.4 Å². The number of nitrogens with one attached hydrogen (secondary N) is 2. The molecule has 4 bridgehead atoms. The van der Waals surface area contributed by atoms with Gasteiger partial charge in [0.2, 0.25) is 5.91 Å². The molecule has 7 nitrogen and oxygen atoms in total. The number of hydrogen-bond donors (Lipinski definition) is 2. The second kappa shape index (κ2) is 9.59. The molecule has 1 aliphatic heterocycles. The molecule has 184 valence electrons. The topological polar surface area (TPSA) is 87.7 Å². The van der Waals surface area contributed by atoms with Gasteiger partial charge in [-0.1, -0.05) is 0 Å². The summed E-state index contributed by atoms with van der Waals surface area (Å²) in [5.41, 5.74) is 0.682. The van der Waals surface area contributed by atoms with E-state index in [-0.39, 0.29) is 29.2 Å². The molecule has 34 heavy (non-hydrogen) atoms. The summed E-state index contributed by atoms with van der Waals surface area (Å²) < 4.78 is 5.16. The Kier molecular flexibility index (Phi) is 6.54. The molecule has 4 saturated carbocycles. The van der Waals surface area contributed by atoms with Crippen molar-refractivity contribution in [3.05, 3.63) is 29.8 Å². The van der Waals surface area contributed by atoms with E-state index < -0.39 is 0 Å². The molecular formula is C27H37N3O4. The van der Waals surface area contributed by atoms with Gasteiger partial charge in [0.25, 0.3) is 0 Å². The minimum absolute atomic E-state index is 0.0128. The van der Waals surface area contributed by atoms with Gasteiger partial charge in [0.15, 0.2) is 5.78 Å². The molecule has 1 heterocycles. The summed E-state index contributed by atoms with van der Waals surface area (Å²) >= 11 is 0. The van der Waals surface area contributed by atoms with E-state index in [4.69, 9.17) is 4.74 Å². The van der Waals surface area contributed by atoms with E-state index >= 15 is 0 Å². The first-order chi connectivity index (χ1) is 16.4. The first kappa shape index (κ1) is 23.2. The molecule has 0 unspecified atom stereocenters. The van der Waals surface area contributed by atoms with Crippen LogP contribution in [0.1, 0.15) is 68.1 Å². The van der Waals surface area contributed by atoms with Crippen LogP contribution in [0.25, 0.3) is 0 Å². The predicted molar refractivity (Wildman–Crippen MR) is 129 cm³/mol. The van der Waals surface area contributed by atoms with Crippen LogP contribution in [0, 0.1) is 23.7 Å². The number of Topliss-reactive ketones (excluding diaryl/α,β-unsaturated/α-hetero) is 1. The molecule has 6 rings (SSSR count). The van der Waals surface area contributed by atoms with Gasteiger partial charge in [-0.2, -0.15) is 0 Å². The number of urea groups is 1. The van der Waals surface area contributed by atoms with Gasteiger partial charge in [0, 0.05) is 43.1 Å². The van der Waals surface area contributed by atoms with Crippen molar-refractivity contribution in [1.29, 1.82) is 0 Å². The average Bonchev–Trinajstić information content (AvgIpc) is 2.82. The molecule has 4 aliphatic carbocycles. The summed E-state index contributed by atoms with van der Waals surface area (Å²) in [7, 11) is 1.61. The first-order valence-electron chi connectivity index (χ1n) is 12.9. The molecule has 0 atom stereocenters. The van der Waals surface area contributed by atoms with E-state index in [1.807, 2.05) is 4.90 Å². The Bertz CT molecular complexity index is 885. The van der Waals surface area contributed by atoms with Crippen LogP contribution in [0.4, 0.5) is 4.79 Å². The van der Waals surface area contributed by atoms with Crippen LogP contribution >= 0.6 is 0 Å². The summed E-state index contributed by atoms with van der Waals surface area (Å²) in [6.45, 7) is 1.53. The van der Waals surface area contributed by atoms with Crippen molar-refractivity contribution in [3.63, 3.8) is 0 Å². The maximum absolute atomic E-state index is 12.8. The van der Waals surface area contributed by atoms with E-state index in [9.17, 15) is 14.4 Å². The maximum atomic E-state index is 12.8. The number of methoxy groups -OCH3 is 1. The summed E-state index contributed by atoms with van der Waals surface area (Å²) in [5.74, 6) is 3.22. The summed E-state index contributed by atoms with van der Waals surface area (Å²) in [6, 6.07) is 7.09. The van der Waals surface area contributed by atoms with Crippen LogP contribution in [0.5, 0.6) is 5.75 Å². The Hall–Kier alpha value is -2.57. The number of nitrogens with zero attached hydrogens (tertiary/aromatic N) is 1. The Morgan fingerprint density at radius 3 is 2.12 bits per heavy atom. The molecule has 0 radical (unpaired) electrons. The predicted octanol–water partition coefficient (Wildman–Crippen LogP) is 3.77. The number of ether oxygens (including phenoxy) is 1. The number of benzene rings is 1. The van der Waals surface area contributed by atoms with Gasteiger partial charge in [-0.05, 0) is 93.4 Å². The van der Waals surface area contributed by atoms with Crippen LogP contribution in [-0.4, -0.2) is 54.9 Å². The van der Waals surface area contributed by atoms with Gasteiger partial charge in [-0.15, -0.1) is 0 Å². The normalized spacial score (nSPS) is 30.1. The lowest BCUT2D eigenvalue weighted by Gasteiger charge is -2.56. The fraction of sp³-hybridized carbons (Fsp3) is 0.667. The van der Waals surface area contributed by atoms with Crippen molar-refractivity contribution in [1.82, 2.24) is 15.5 Å². The quantitative estimate of drug-likeness (QED) is 0.598. The van der Waals surface area contributed by atoms with E-state index in [1.54, 1.807) is 31.4 Å². The molecule has 7 heteroatoms. The smallest absolute Gasteiger partial charge is 0.315 e. The monoisotopic (exact) mass is 467 g/mol. The highest BCUT2D eigenvalue weighted by atomic mass is 16.5. The Balaban J connectivity index is 1.02. The van der Waals surface area contributed by atoms with Gasteiger partial charge in [0.05, 0.1) is 7.11 Å². The first-order valence-corrected chi connectivity index (χ1v) is 12.9. The number of piperidine rings is 1. The van der Waals surface area contributed by atoms with Gasteiger partial charge in [-0.3, -0.25) is 9.59 Å². The average molecular weight is 468 g/mol. The Labute approximate surface area is 202 Å². The van der Waals surface area contributed by atoms with Crippen molar-refractivity contribution in [3.8, 4) is 5.75 Å². The fourth-order valence-electron chi connectivity index (χ4n) is 7.37. The summed E-state index contributed by atoms with van der Waals surface area (Å²) in [5, 5.41) is 6.22. The van der Waals surface area contributed by atoms with Gasteiger partial charge < -0.3 is 20.3 Å². The van der Waals surface area contributed by atoms with Crippen LogP contribution in [-0.2, 0) is 4.79 Å². The number of rotatable bonds is 7. The fourth-order valence-corrected chi connectivity index (χ4v) is 7.37. The molecule has 3 amide bonds. The third-order valence-corrected chi connectivity index (χ3v) is 8.63. The van der Waals surface area contributed by atoms with Gasteiger partial charge in [0.1, 0.15) is 5.75 Å². The zero-order valence-corrected chi connectivity index (χ0v) is 20.2. The van der Waals surface area contributed by atoms with E-state index in [1.165, 1.54) is 19.3 Å². The maximum Gasteiger partial charge on any atom is 0.315 e. The minimum Gasteiger partial charge on any atom is -0.497 e. The molecule has 0 aromatic heterocycles. The van der Waals surface area contributed by atoms with Gasteiger partial charge in [-0.25, -0.2) is 4.79 Å². The van der Waals surface area contributed by atoms with E-state index in [0.717, 1.165) is 42.8 Å². The molecule has 0 spiro atoms. The number of ketones is 1. The largest absolute Gasteiger partial charge is 0.497 e. The second-order valence-electron chi connectivity index (χ2n) is 11.1. The lowest BCUT2D eigenvalue weighted by Crippen LogP contribution is -2.61. The van der Waals surface area contributed by atoms with Crippen molar-refractivity contribution in [2.75, 3.05) is 26.7 Å². The van der Waals surface area contributed by atoms with Crippen LogP contribution in [0.15, 0.2) is 24.3 Å². The Morgan fingerprint density at radius 2 is 1.56 bits per heavy atom. The highest BCUT2D eigenvalue weighted by Crippen LogP contribution is 2.55. The highest BCUT2D eigenvalue weighted by Gasteiger charge is 2.51. The molecule has 2 N–H and O–H groups in total. The van der Waals surface area contributed by atoms with E-state index in [2.05, 4.69) is 10.6 Å².